The van der Waals surface area contributed by atoms with E-state index in [1.807, 2.05) is 0 Å². The molecule has 2 aromatic rings. The van der Waals surface area contributed by atoms with Crippen molar-refractivity contribution < 1.29 is 4.52 Å². The minimum atomic E-state index is 0.530. The number of rotatable bonds is 4. The van der Waals surface area contributed by atoms with Crippen LogP contribution in [-0.4, -0.2) is 21.7 Å². The SMILES string of the molecule is C1=C(CCNc2ncnc3oncc23)CCC1. The number of nitrogens with zero attached hydrogens (tertiary/aromatic N) is 3. The maximum Gasteiger partial charge on any atom is 0.262 e. The van der Waals surface area contributed by atoms with Gasteiger partial charge in [-0.3, -0.25) is 0 Å². The van der Waals surface area contributed by atoms with Gasteiger partial charge in [0.1, 0.15) is 17.5 Å². The van der Waals surface area contributed by atoms with Gasteiger partial charge in [-0.2, -0.15) is 4.98 Å². The Morgan fingerprint density at radius 1 is 1.35 bits per heavy atom. The summed E-state index contributed by atoms with van der Waals surface area (Å²) in [7, 11) is 0. The molecule has 0 spiro atoms. The van der Waals surface area contributed by atoms with Gasteiger partial charge in [0, 0.05) is 6.54 Å². The van der Waals surface area contributed by atoms with Gasteiger partial charge in [-0.05, 0) is 25.7 Å². The van der Waals surface area contributed by atoms with Crippen molar-refractivity contribution >= 4 is 16.9 Å². The summed E-state index contributed by atoms with van der Waals surface area (Å²) in [5, 5.41) is 7.87. The molecule has 0 radical (unpaired) electrons. The van der Waals surface area contributed by atoms with Crippen LogP contribution in [0.4, 0.5) is 5.82 Å². The van der Waals surface area contributed by atoms with E-state index in [2.05, 4.69) is 26.5 Å². The van der Waals surface area contributed by atoms with Crippen LogP contribution in [-0.2, 0) is 0 Å². The molecule has 0 unspecified atom stereocenters. The second kappa shape index (κ2) is 4.53. The first kappa shape index (κ1) is 10.3. The fraction of sp³-hybridized carbons (Fsp3) is 0.417. The molecule has 1 N–H and O–H groups in total. The van der Waals surface area contributed by atoms with Gasteiger partial charge >= 0.3 is 0 Å². The van der Waals surface area contributed by atoms with Gasteiger partial charge in [-0.1, -0.05) is 16.8 Å². The van der Waals surface area contributed by atoms with E-state index in [-0.39, 0.29) is 0 Å². The smallest absolute Gasteiger partial charge is 0.262 e. The molecule has 3 rings (SSSR count). The van der Waals surface area contributed by atoms with Gasteiger partial charge in [0.15, 0.2) is 0 Å². The highest BCUT2D eigenvalue weighted by atomic mass is 16.5. The number of allylic oxidation sites excluding steroid dienone is 1. The van der Waals surface area contributed by atoms with Crippen molar-refractivity contribution in [1.29, 1.82) is 0 Å². The van der Waals surface area contributed by atoms with Crippen LogP contribution in [0.15, 0.2) is 28.7 Å². The summed E-state index contributed by atoms with van der Waals surface area (Å²) in [6, 6.07) is 0. The van der Waals surface area contributed by atoms with Crippen molar-refractivity contribution in [2.75, 3.05) is 11.9 Å². The number of hydrogen-bond donors (Lipinski definition) is 1. The first-order valence-corrected chi connectivity index (χ1v) is 5.90. The van der Waals surface area contributed by atoms with E-state index in [1.165, 1.54) is 25.6 Å². The average molecular weight is 230 g/mol. The number of hydrogen-bond acceptors (Lipinski definition) is 5. The fourth-order valence-electron chi connectivity index (χ4n) is 2.14. The molecular weight excluding hydrogens is 216 g/mol. The fourth-order valence-corrected chi connectivity index (χ4v) is 2.14. The Morgan fingerprint density at radius 3 is 3.24 bits per heavy atom. The first-order chi connectivity index (χ1) is 8.43. The molecule has 0 bridgehead atoms. The van der Waals surface area contributed by atoms with E-state index in [0.29, 0.717) is 5.71 Å². The van der Waals surface area contributed by atoms with Crippen molar-refractivity contribution in [3.63, 3.8) is 0 Å². The van der Waals surface area contributed by atoms with Gasteiger partial charge in [0.25, 0.3) is 5.71 Å². The molecule has 17 heavy (non-hydrogen) atoms. The molecule has 0 atom stereocenters. The van der Waals surface area contributed by atoms with E-state index >= 15 is 0 Å². The zero-order valence-corrected chi connectivity index (χ0v) is 9.52. The van der Waals surface area contributed by atoms with E-state index in [9.17, 15) is 0 Å². The van der Waals surface area contributed by atoms with Gasteiger partial charge in [-0.15, -0.1) is 0 Å². The van der Waals surface area contributed by atoms with Crippen molar-refractivity contribution in [1.82, 2.24) is 15.1 Å². The van der Waals surface area contributed by atoms with E-state index in [4.69, 9.17) is 4.52 Å². The lowest BCUT2D eigenvalue weighted by Gasteiger charge is -2.05. The maximum atomic E-state index is 4.99. The summed E-state index contributed by atoms with van der Waals surface area (Å²) < 4.78 is 4.99. The Balaban J connectivity index is 1.66. The van der Waals surface area contributed by atoms with Crippen molar-refractivity contribution in [2.24, 2.45) is 0 Å². The van der Waals surface area contributed by atoms with Crippen LogP contribution in [0.3, 0.4) is 0 Å². The zero-order valence-electron chi connectivity index (χ0n) is 9.52. The maximum absolute atomic E-state index is 4.99. The van der Waals surface area contributed by atoms with Crippen LogP contribution in [0.25, 0.3) is 11.1 Å². The Hall–Kier alpha value is -1.91. The number of fused-ring (bicyclic) bond motifs is 1. The molecule has 0 aromatic carbocycles. The van der Waals surface area contributed by atoms with Crippen LogP contribution in [0.5, 0.6) is 0 Å². The molecule has 5 nitrogen and oxygen atoms in total. The number of nitrogens with one attached hydrogen (secondary N) is 1. The van der Waals surface area contributed by atoms with E-state index < -0.39 is 0 Å². The number of anilines is 1. The lowest BCUT2D eigenvalue weighted by molar-refractivity contribution is 0.448. The Morgan fingerprint density at radius 2 is 2.35 bits per heavy atom. The highest BCUT2D eigenvalue weighted by Crippen LogP contribution is 2.21. The van der Waals surface area contributed by atoms with Crippen LogP contribution >= 0.6 is 0 Å². The molecule has 0 aliphatic heterocycles. The third-order valence-electron chi connectivity index (χ3n) is 3.04. The Labute approximate surface area is 98.9 Å². The van der Waals surface area contributed by atoms with E-state index in [0.717, 1.165) is 24.2 Å². The lowest BCUT2D eigenvalue weighted by atomic mass is 10.2. The average Bonchev–Trinajstić information content (AvgIpc) is 2.99. The molecule has 0 saturated heterocycles. The molecule has 2 heterocycles. The van der Waals surface area contributed by atoms with Crippen LogP contribution in [0.1, 0.15) is 25.7 Å². The predicted molar refractivity (Wildman–Crippen MR) is 64.6 cm³/mol. The third kappa shape index (κ3) is 2.13. The van der Waals surface area contributed by atoms with Gasteiger partial charge in [0.2, 0.25) is 0 Å². The molecule has 5 heteroatoms. The summed E-state index contributed by atoms with van der Waals surface area (Å²) in [6.45, 7) is 0.892. The molecular formula is C12H14N4O. The van der Waals surface area contributed by atoms with Crippen LogP contribution in [0, 0.1) is 0 Å². The second-order valence-electron chi connectivity index (χ2n) is 4.20. The molecule has 0 amide bonds. The largest absolute Gasteiger partial charge is 0.369 e. The highest BCUT2D eigenvalue weighted by Gasteiger charge is 2.08. The molecule has 1 aliphatic rings. The number of aromatic nitrogens is 3. The third-order valence-corrected chi connectivity index (χ3v) is 3.04. The monoisotopic (exact) mass is 230 g/mol. The standard InChI is InChI=1S/C12H14N4O/c1-2-4-9(3-1)5-6-13-11-10-7-16-17-12(10)15-8-14-11/h3,7-8H,1-2,4-6H2,(H,13,14,15). The van der Waals surface area contributed by atoms with Crippen molar-refractivity contribution in [3.05, 3.63) is 24.2 Å². The summed E-state index contributed by atoms with van der Waals surface area (Å²) in [5.41, 5.74) is 2.08. The highest BCUT2D eigenvalue weighted by molar-refractivity contribution is 5.84. The Kier molecular flexibility index (Phi) is 2.73. The molecule has 88 valence electrons. The lowest BCUT2D eigenvalue weighted by Crippen LogP contribution is -2.04. The van der Waals surface area contributed by atoms with Crippen molar-refractivity contribution in [3.8, 4) is 0 Å². The predicted octanol–water partition coefficient (Wildman–Crippen LogP) is 2.53. The normalized spacial score (nSPS) is 15.2. The second-order valence-corrected chi connectivity index (χ2v) is 4.20. The van der Waals surface area contributed by atoms with Crippen LogP contribution in [0.2, 0.25) is 0 Å². The zero-order chi connectivity index (χ0) is 11.5. The first-order valence-electron chi connectivity index (χ1n) is 5.90. The quantitative estimate of drug-likeness (QED) is 0.818. The molecule has 1 aliphatic carbocycles. The van der Waals surface area contributed by atoms with E-state index in [1.54, 1.807) is 11.8 Å². The summed E-state index contributed by atoms with van der Waals surface area (Å²) in [6.07, 6.45) is 10.3. The van der Waals surface area contributed by atoms with Gasteiger partial charge in [-0.25, -0.2) is 4.98 Å². The van der Waals surface area contributed by atoms with Crippen molar-refractivity contribution in [2.45, 2.75) is 25.7 Å². The van der Waals surface area contributed by atoms with Crippen LogP contribution < -0.4 is 5.32 Å². The Bertz CT molecular complexity index is 546. The summed E-state index contributed by atoms with van der Waals surface area (Å²) in [5.74, 6) is 0.801. The molecule has 0 fully saturated rings. The van der Waals surface area contributed by atoms with Gasteiger partial charge in [0.05, 0.1) is 6.20 Å². The summed E-state index contributed by atoms with van der Waals surface area (Å²) in [4.78, 5) is 8.20. The summed E-state index contributed by atoms with van der Waals surface area (Å²) >= 11 is 0. The molecule has 0 saturated carbocycles. The van der Waals surface area contributed by atoms with Gasteiger partial charge < -0.3 is 9.84 Å². The molecule has 2 aromatic heterocycles. The topological polar surface area (TPSA) is 63.8 Å². The minimum absolute atomic E-state index is 0.530. The minimum Gasteiger partial charge on any atom is -0.369 e.